The monoisotopic (exact) mass is 1810 g/mol. The molecule has 5 aliphatic rings. The number of halogens is 2. The van der Waals surface area contributed by atoms with E-state index in [4.69, 9.17) is 25.0 Å². The number of aromatic carboxylic acids is 1. The molecule has 9 aromatic carbocycles. The molecule has 22 nitrogen and oxygen atoms in total. The molecule has 0 saturated carbocycles. The molecule has 0 fully saturated rings. The molecule has 9 N–H and O–H groups in total. The molecule has 0 spiro atoms. The Balaban J connectivity index is 0.0000000979. The number of hydrogen-bond donors (Lipinski definition) is 9. The first kappa shape index (κ1) is 81.6. The highest BCUT2D eigenvalue weighted by Crippen LogP contribution is 2.46. The number of carboxylic acids is 1. The lowest BCUT2D eigenvalue weighted by Gasteiger charge is -2.25. The number of phenolic OH excluding ortho intramolecular Hbond substituents is 3. The van der Waals surface area contributed by atoms with Crippen LogP contribution in [0.5, 0.6) is 17.2 Å². The van der Waals surface area contributed by atoms with Crippen LogP contribution in [0, 0.1) is 26.8 Å². The number of phenols is 3. The van der Waals surface area contributed by atoms with Crippen molar-refractivity contribution in [1.82, 2.24) is 80.6 Å². The summed E-state index contributed by atoms with van der Waals surface area (Å²) in [6, 6.07) is 54.1. The number of aromatic amines is 5. The number of aryl methyl sites for hydroxylation is 5. The standard InChI is InChI=1S/C23H24N4O.C22H17N3O.C21H17N3O2.C20H16IN3O.C19H15FN4/c1-27(2)13-15-11-14(7-10-21(15)28)23-17-6-4-3-5-16(17)22-18-12-24-26-19(18)8-9-20(22)25-23;23-12-13-1-6-16-18(11-13)22(14-2-4-15(26)5-3-14)25-20-8-7-19-17(21(16)20)9-10-24-19;25-21(26)13-7-5-12(6-8-13)20-15-4-2-1-3-14(15)19-16-11-22-24-17(16)9-10-18(19)23-20;21-15-9-11(5-8-18(15)25)20-13-4-2-1-3-12(13)19-14-10-22-24-16(14)6-7-17(19)23-20;20-17-8-5-11(9-21-17)19-13-4-2-1-3-12(13)18-14-10-22-24-15(14)6-7-16(18)23-19/h7-12,28H,3-6,13H2,1-2H3,(H,24,26);2-5,7-10,13,25-26H,1,6,11H2;5-11H,1-4H2,(H,22,24)(H,25,26);5-10,25H,1-4H2,(H,22,24);5-10H,1-4H2,(H,22,24). The summed E-state index contributed by atoms with van der Waals surface area (Å²) >= 11 is 2.17. The van der Waals surface area contributed by atoms with Crippen LogP contribution in [-0.2, 0) is 70.8 Å². The average molecular weight is 1810 g/mol. The Morgan fingerprint density at radius 1 is 0.426 bits per heavy atom. The van der Waals surface area contributed by atoms with E-state index in [2.05, 4.69) is 132 Å². The Morgan fingerprint density at radius 2 is 0.837 bits per heavy atom. The number of benzene rings is 9. The maximum atomic E-state index is 13.2. The van der Waals surface area contributed by atoms with Gasteiger partial charge >= 0.3 is 5.97 Å². The number of nitriles is 1. The number of nitrogens with zero attached hydrogens (tertiary/aromatic N) is 12. The van der Waals surface area contributed by atoms with Gasteiger partial charge in [-0.1, -0.05) is 12.1 Å². The lowest BCUT2D eigenvalue weighted by molar-refractivity contribution is 0.0696. The number of hydrogen-bond acceptors (Lipinski definition) is 16. The van der Waals surface area contributed by atoms with Crippen molar-refractivity contribution in [3.63, 3.8) is 0 Å². The summed E-state index contributed by atoms with van der Waals surface area (Å²) in [5.41, 5.74) is 35.0. The lowest BCUT2D eigenvalue weighted by Crippen LogP contribution is -2.15. The van der Waals surface area contributed by atoms with Crippen LogP contribution < -0.4 is 0 Å². The topological polar surface area (TPSA) is 333 Å². The Kier molecular flexibility index (Phi) is 21.8. The Labute approximate surface area is 753 Å². The third-order valence-corrected chi connectivity index (χ3v) is 27.3. The van der Waals surface area contributed by atoms with Crippen LogP contribution in [0.15, 0.2) is 201 Å². The fraction of sp³-hybridized carbons (Fsp3) is 0.219. The number of fused-ring (bicyclic) bond motifs is 25. The summed E-state index contributed by atoms with van der Waals surface area (Å²) in [5.74, 6) is -0.420. The number of carboxylic acid groups (broad SMARTS) is 1. The van der Waals surface area contributed by atoms with Crippen molar-refractivity contribution >= 4 is 138 Å². The number of aromatic nitrogens is 15. The molecule has 20 aromatic rings. The zero-order valence-corrected chi connectivity index (χ0v) is 73.2. The summed E-state index contributed by atoms with van der Waals surface area (Å²) < 4.78 is 14.0. The third-order valence-electron chi connectivity index (χ3n) is 26.5. The first-order valence-electron chi connectivity index (χ1n) is 44.2. The minimum absolute atomic E-state index is 0.0428. The normalized spacial score (nSPS) is 14.6. The lowest BCUT2D eigenvalue weighted by atomic mass is 9.80. The highest BCUT2D eigenvalue weighted by atomic mass is 127. The molecule has 5 aliphatic carbocycles. The summed E-state index contributed by atoms with van der Waals surface area (Å²) in [5, 5.41) is 89.3. The van der Waals surface area contributed by atoms with Gasteiger partial charge in [-0.05, 0) is 372 Å². The van der Waals surface area contributed by atoms with E-state index in [1.807, 2.05) is 118 Å². The second-order valence-electron chi connectivity index (χ2n) is 34.6. The zero-order valence-electron chi connectivity index (χ0n) is 71.1. The van der Waals surface area contributed by atoms with Gasteiger partial charge in [-0.3, -0.25) is 25.4 Å². The number of pyridine rings is 6. The van der Waals surface area contributed by atoms with Crippen molar-refractivity contribution in [2.24, 2.45) is 5.92 Å². The molecule has 25 rings (SSSR count). The molecule has 0 amide bonds. The molecule has 0 radical (unpaired) electrons. The summed E-state index contributed by atoms with van der Waals surface area (Å²) in [7, 11) is 4.02. The van der Waals surface area contributed by atoms with Crippen LogP contribution in [0.2, 0.25) is 0 Å². The fourth-order valence-electron chi connectivity index (χ4n) is 20.5. The highest BCUT2D eigenvalue weighted by Gasteiger charge is 2.30. The number of nitrogens with one attached hydrogen (secondary N) is 5. The largest absolute Gasteiger partial charge is 0.508 e. The minimum atomic E-state index is -0.910. The first-order valence-corrected chi connectivity index (χ1v) is 45.3. The molecule has 638 valence electrons. The molecule has 0 bridgehead atoms. The smallest absolute Gasteiger partial charge is 0.335 e. The van der Waals surface area contributed by atoms with Gasteiger partial charge in [-0.15, -0.1) is 0 Å². The summed E-state index contributed by atoms with van der Waals surface area (Å²) in [6.07, 6.45) is 31.4. The second-order valence-corrected chi connectivity index (χ2v) is 35.8. The van der Waals surface area contributed by atoms with Gasteiger partial charge in [-0.25, -0.2) is 29.7 Å². The van der Waals surface area contributed by atoms with Crippen LogP contribution in [0.1, 0.15) is 129 Å². The van der Waals surface area contributed by atoms with Gasteiger partial charge in [0.2, 0.25) is 5.95 Å². The maximum Gasteiger partial charge on any atom is 0.335 e. The molecule has 11 aromatic heterocycles. The van der Waals surface area contributed by atoms with E-state index in [1.165, 1.54) is 133 Å². The Morgan fingerprint density at radius 3 is 1.29 bits per heavy atom. The van der Waals surface area contributed by atoms with Gasteiger partial charge in [0, 0.05) is 112 Å². The number of carbonyl (C=O) groups is 1. The van der Waals surface area contributed by atoms with Crippen molar-refractivity contribution in [3.8, 4) is 79.6 Å². The van der Waals surface area contributed by atoms with Crippen LogP contribution in [0.4, 0.5) is 4.39 Å². The number of rotatable bonds is 8. The molecule has 0 aliphatic heterocycles. The van der Waals surface area contributed by atoms with E-state index >= 15 is 0 Å². The van der Waals surface area contributed by atoms with E-state index < -0.39 is 11.9 Å². The van der Waals surface area contributed by atoms with Gasteiger partial charge in [-0.2, -0.15) is 30.0 Å². The Hall–Kier alpha value is -14.4. The highest BCUT2D eigenvalue weighted by molar-refractivity contribution is 14.1. The van der Waals surface area contributed by atoms with E-state index in [0.717, 1.165) is 226 Å². The van der Waals surface area contributed by atoms with E-state index in [0.29, 0.717) is 23.6 Å². The SMILES string of the molecule is CN(C)Cc1cc(-c2nc3ccc4[nH]ncc4c3c3c2CCCC3)ccc1O.Fc1ccc(-c2nc3ccc4[nH]ncc4c3c3c2CCCC3)cn1.N#CC1CCc2c(c(-c3ccc(O)cc3)[nH]c3ccc4nccc4c23)C1.O=C(O)c1ccc(-c2nc3ccc4[nH]ncc4c3c3c2CCCC3)cc1.Oc1ccc(-c2nc3ccc4[nH]ncc4c3c3c2CCCC3)cc1I. The van der Waals surface area contributed by atoms with Crippen molar-refractivity contribution < 1.29 is 29.6 Å². The van der Waals surface area contributed by atoms with Gasteiger partial charge in [0.15, 0.2) is 0 Å². The molecule has 1 unspecified atom stereocenters. The van der Waals surface area contributed by atoms with Crippen LogP contribution in [0.25, 0.3) is 165 Å². The molecular formula is C105H89FIN17O5. The van der Waals surface area contributed by atoms with Crippen molar-refractivity contribution in [3.05, 3.63) is 277 Å². The van der Waals surface area contributed by atoms with Crippen LogP contribution >= 0.6 is 22.6 Å². The predicted octanol–water partition coefficient (Wildman–Crippen LogP) is 22.7. The molecule has 11 heterocycles. The van der Waals surface area contributed by atoms with Crippen LogP contribution in [0.3, 0.4) is 0 Å². The van der Waals surface area contributed by atoms with Crippen LogP contribution in [-0.4, -0.2) is 121 Å². The molecule has 1 atom stereocenters. The Bertz CT molecular complexity index is 7890. The third kappa shape index (κ3) is 15.3. The van der Waals surface area contributed by atoms with E-state index in [1.54, 1.807) is 48.7 Å². The van der Waals surface area contributed by atoms with Crippen molar-refractivity contribution in [1.29, 1.82) is 5.26 Å². The second kappa shape index (κ2) is 34.4. The summed E-state index contributed by atoms with van der Waals surface area (Å²) in [4.78, 5) is 45.1. The van der Waals surface area contributed by atoms with Crippen molar-refractivity contribution in [2.75, 3.05) is 14.1 Å². The van der Waals surface area contributed by atoms with E-state index in [-0.39, 0.29) is 11.7 Å². The quantitative estimate of drug-likeness (QED) is 0.0504. The van der Waals surface area contributed by atoms with Gasteiger partial charge in [0.05, 0.1) is 118 Å². The van der Waals surface area contributed by atoms with Gasteiger partial charge in [0.25, 0.3) is 0 Å². The summed E-state index contributed by atoms with van der Waals surface area (Å²) in [6.45, 7) is 0.699. The van der Waals surface area contributed by atoms with Crippen molar-refractivity contribution in [2.45, 2.75) is 129 Å². The maximum absolute atomic E-state index is 13.2. The fourth-order valence-corrected chi connectivity index (χ4v) is 21.0. The molecule has 24 heteroatoms. The minimum Gasteiger partial charge on any atom is -0.508 e. The molecule has 129 heavy (non-hydrogen) atoms. The number of aromatic hydroxyl groups is 3. The average Bonchev–Trinajstić information content (AvgIpc) is 1.75. The molecule has 0 saturated heterocycles. The number of H-pyrrole nitrogens is 5. The van der Waals surface area contributed by atoms with Gasteiger partial charge in [0.1, 0.15) is 17.2 Å². The predicted molar refractivity (Wildman–Crippen MR) is 514 cm³/mol. The first-order chi connectivity index (χ1) is 63.1. The zero-order chi connectivity index (χ0) is 87.7. The molecular weight excluding hydrogens is 1730 g/mol. The van der Waals surface area contributed by atoms with Gasteiger partial charge < -0.3 is 30.3 Å². The van der Waals surface area contributed by atoms with E-state index in [9.17, 15) is 29.8 Å².